The topological polar surface area (TPSA) is 113 Å². The smallest absolute Gasteiger partial charge is 0.168 e. The second-order valence-electron chi connectivity index (χ2n) is 8.02. The van der Waals surface area contributed by atoms with Gasteiger partial charge in [-0.3, -0.25) is 14.6 Å². The summed E-state index contributed by atoms with van der Waals surface area (Å²) in [5.74, 6) is 0.473. The fourth-order valence-corrected chi connectivity index (χ4v) is 3.85. The van der Waals surface area contributed by atoms with Crippen LogP contribution in [-0.2, 0) is 17.6 Å². The zero-order chi connectivity index (χ0) is 19.6. The van der Waals surface area contributed by atoms with E-state index in [9.17, 15) is 14.7 Å². The van der Waals surface area contributed by atoms with E-state index in [1.54, 1.807) is 0 Å². The number of hydrogen-bond donors (Lipinski definition) is 2. The van der Waals surface area contributed by atoms with E-state index >= 15 is 0 Å². The zero-order valence-electron chi connectivity index (χ0n) is 15.9. The molecule has 0 amide bonds. The van der Waals surface area contributed by atoms with Gasteiger partial charge in [0, 0.05) is 37.8 Å². The number of carbonyl (C=O) groups is 2. The number of rotatable bonds is 5. The molecule has 1 heterocycles. The monoisotopic (exact) mass is 374 g/mol. The maximum atomic E-state index is 12.6. The number of aliphatic imine (C=N–C) groups is 1. The predicted molar refractivity (Wildman–Crippen MR) is 99.2 cm³/mol. The Hall–Kier alpha value is -2.28. The third-order valence-corrected chi connectivity index (χ3v) is 5.06. The van der Waals surface area contributed by atoms with Gasteiger partial charge in [0.05, 0.1) is 30.0 Å². The van der Waals surface area contributed by atoms with E-state index in [-0.39, 0.29) is 47.9 Å². The molecule has 0 spiro atoms. The first-order valence-electron chi connectivity index (χ1n) is 9.43. The van der Waals surface area contributed by atoms with Crippen molar-refractivity contribution in [2.45, 2.75) is 58.8 Å². The fraction of sp³-hybridized carbons (Fsp3) is 0.600. The molecule has 0 aromatic carbocycles. The Kier molecular flexibility index (Phi) is 5.60. The SMILES string of the molecule is CC1(C)CC(=O)C(=C(O)CCc2noc3c2C(=O)CCC3)C(=NCCO)C1. The molecular formula is C20H26N2O5. The highest BCUT2D eigenvalue weighted by Gasteiger charge is 2.36. The van der Waals surface area contributed by atoms with Crippen molar-refractivity contribution in [2.75, 3.05) is 13.2 Å². The van der Waals surface area contributed by atoms with Crippen molar-refractivity contribution >= 4 is 17.3 Å². The van der Waals surface area contributed by atoms with Crippen LogP contribution in [0.1, 0.15) is 67.8 Å². The molecule has 0 atom stereocenters. The molecule has 1 aromatic heterocycles. The van der Waals surface area contributed by atoms with Crippen LogP contribution >= 0.6 is 0 Å². The zero-order valence-corrected chi connectivity index (χ0v) is 15.9. The molecule has 2 N–H and O–H groups in total. The van der Waals surface area contributed by atoms with Crippen LogP contribution in [0.15, 0.2) is 20.8 Å². The molecule has 0 saturated heterocycles. The molecule has 0 unspecified atom stereocenters. The number of ketones is 2. The highest BCUT2D eigenvalue weighted by molar-refractivity contribution is 6.24. The lowest BCUT2D eigenvalue weighted by molar-refractivity contribution is -0.117. The molecule has 146 valence electrons. The number of hydrogen-bond acceptors (Lipinski definition) is 7. The third-order valence-electron chi connectivity index (χ3n) is 5.06. The van der Waals surface area contributed by atoms with Gasteiger partial charge in [0.2, 0.25) is 0 Å². The summed E-state index contributed by atoms with van der Waals surface area (Å²) in [6.07, 6.45) is 3.37. The molecule has 1 saturated carbocycles. The van der Waals surface area contributed by atoms with Crippen LogP contribution in [0.3, 0.4) is 0 Å². The van der Waals surface area contributed by atoms with Crippen molar-refractivity contribution in [3.63, 3.8) is 0 Å². The van der Waals surface area contributed by atoms with E-state index in [1.165, 1.54) is 0 Å². The lowest BCUT2D eigenvalue weighted by Gasteiger charge is -2.31. The number of aryl methyl sites for hydroxylation is 2. The minimum atomic E-state index is -0.229. The van der Waals surface area contributed by atoms with Crippen LogP contribution in [0, 0.1) is 5.41 Å². The average molecular weight is 374 g/mol. The summed E-state index contributed by atoms with van der Waals surface area (Å²) in [5.41, 5.74) is 1.66. The Morgan fingerprint density at radius 2 is 2.00 bits per heavy atom. The van der Waals surface area contributed by atoms with E-state index < -0.39 is 0 Å². The van der Waals surface area contributed by atoms with E-state index in [2.05, 4.69) is 10.1 Å². The highest BCUT2D eigenvalue weighted by Crippen LogP contribution is 2.36. The molecule has 3 rings (SSSR count). The van der Waals surface area contributed by atoms with Crippen LogP contribution in [-0.4, -0.2) is 45.8 Å². The van der Waals surface area contributed by atoms with Crippen molar-refractivity contribution in [2.24, 2.45) is 10.4 Å². The number of Topliss-reactive ketones (excluding diaryl/α,β-unsaturated/α-hetero) is 2. The number of aromatic nitrogens is 1. The quantitative estimate of drug-likeness (QED) is 0.605. The summed E-state index contributed by atoms with van der Waals surface area (Å²) >= 11 is 0. The Bertz CT molecular complexity index is 816. The molecule has 0 aliphatic heterocycles. The molecule has 2 aliphatic rings. The van der Waals surface area contributed by atoms with E-state index in [1.807, 2.05) is 13.8 Å². The maximum absolute atomic E-state index is 12.6. The molecule has 1 fully saturated rings. The first kappa shape index (κ1) is 19.5. The molecule has 27 heavy (non-hydrogen) atoms. The molecular weight excluding hydrogens is 348 g/mol. The van der Waals surface area contributed by atoms with Crippen LogP contribution in [0.5, 0.6) is 0 Å². The average Bonchev–Trinajstić information content (AvgIpc) is 3.01. The Morgan fingerprint density at radius 3 is 2.74 bits per heavy atom. The second kappa shape index (κ2) is 7.76. The Balaban J connectivity index is 1.83. The molecule has 7 heteroatoms. The first-order chi connectivity index (χ1) is 12.8. The van der Waals surface area contributed by atoms with Crippen LogP contribution < -0.4 is 0 Å². The number of aliphatic hydroxyl groups is 2. The maximum Gasteiger partial charge on any atom is 0.168 e. The summed E-state index contributed by atoms with van der Waals surface area (Å²) in [6.45, 7) is 4.06. The normalized spacial score (nSPS) is 22.9. The summed E-state index contributed by atoms with van der Waals surface area (Å²) in [5, 5.41) is 23.7. The summed E-state index contributed by atoms with van der Waals surface area (Å²) in [4.78, 5) is 29.1. The predicted octanol–water partition coefficient (Wildman–Crippen LogP) is 2.76. The number of nitrogens with zero attached hydrogens (tertiary/aromatic N) is 2. The molecule has 0 radical (unpaired) electrons. The van der Waals surface area contributed by atoms with E-state index in [0.29, 0.717) is 54.8 Å². The fourth-order valence-electron chi connectivity index (χ4n) is 3.85. The number of allylic oxidation sites excluding steroid dienone is 2. The van der Waals surface area contributed by atoms with Gasteiger partial charge in [0.1, 0.15) is 11.5 Å². The number of fused-ring (bicyclic) bond motifs is 1. The standard InChI is InChI=1S/C20H26N2O5/c1-20(2)10-13(21-8-9-23)18(16(26)11-20)15(25)7-6-12-19-14(24)4-3-5-17(19)27-22-12/h23,25H,3-11H2,1-2H3. The first-order valence-corrected chi connectivity index (χ1v) is 9.43. The van der Waals surface area contributed by atoms with E-state index in [4.69, 9.17) is 9.63 Å². The van der Waals surface area contributed by atoms with Gasteiger partial charge >= 0.3 is 0 Å². The minimum Gasteiger partial charge on any atom is -0.511 e. The van der Waals surface area contributed by atoms with Gasteiger partial charge in [-0.05, 0) is 18.3 Å². The van der Waals surface area contributed by atoms with Gasteiger partial charge in [-0.1, -0.05) is 19.0 Å². The number of carbonyl (C=O) groups excluding carboxylic acids is 2. The van der Waals surface area contributed by atoms with Crippen molar-refractivity contribution in [3.8, 4) is 0 Å². The summed E-state index contributed by atoms with van der Waals surface area (Å²) < 4.78 is 5.27. The molecule has 1 aromatic rings. The van der Waals surface area contributed by atoms with Crippen molar-refractivity contribution in [3.05, 3.63) is 28.3 Å². The molecule has 0 bridgehead atoms. The van der Waals surface area contributed by atoms with Crippen LogP contribution in [0.2, 0.25) is 0 Å². The van der Waals surface area contributed by atoms with Gasteiger partial charge in [-0.2, -0.15) is 0 Å². The second-order valence-corrected chi connectivity index (χ2v) is 8.02. The molecule has 7 nitrogen and oxygen atoms in total. The Morgan fingerprint density at radius 1 is 1.22 bits per heavy atom. The Labute approximate surface area is 158 Å². The van der Waals surface area contributed by atoms with Crippen molar-refractivity contribution in [1.29, 1.82) is 0 Å². The van der Waals surface area contributed by atoms with Crippen LogP contribution in [0.25, 0.3) is 0 Å². The lowest BCUT2D eigenvalue weighted by atomic mass is 9.73. The minimum absolute atomic E-state index is 0.0281. The summed E-state index contributed by atoms with van der Waals surface area (Å²) in [7, 11) is 0. The summed E-state index contributed by atoms with van der Waals surface area (Å²) in [6, 6.07) is 0. The highest BCUT2D eigenvalue weighted by atomic mass is 16.5. The van der Waals surface area contributed by atoms with Crippen LogP contribution in [0.4, 0.5) is 0 Å². The lowest BCUT2D eigenvalue weighted by Crippen LogP contribution is -2.33. The molecule has 2 aliphatic carbocycles. The van der Waals surface area contributed by atoms with Gasteiger partial charge in [-0.25, -0.2) is 0 Å². The largest absolute Gasteiger partial charge is 0.511 e. The number of aliphatic hydroxyl groups excluding tert-OH is 2. The van der Waals surface area contributed by atoms with Gasteiger partial charge in [0.25, 0.3) is 0 Å². The van der Waals surface area contributed by atoms with Gasteiger partial charge in [-0.15, -0.1) is 0 Å². The van der Waals surface area contributed by atoms with E-state index in [0.717, 1.165) is 6.42 Å². The van der Waals surface area contributed by atoms with Crippen molar-refractivity contribution in [1.82, 2.24) is 5.16 Å². The van der Waals surface area contributed by atoms with Gasteiger partial charge in [0.15, 0.2) is 11.6 Å². The van der Waals surface area contributed by atoms with Gasteiger partial charge < -0.3 is 14.7 Å². The third kappa shape index (κ3) is 4.18. The van der Waals surface area contributed by atoms with Crippen molar-refractivity contribution < 1.29 is 24.3 Å².